The minimum Gasteiger partial charge on any atom is -0.490 e. The maximum absolute atomic E-state index is 6.44. The molecular formula is C24H23ClN2O2S. The fraction of sp³-hybridized carbons (Fsp3) is 0.208. The first-order chi connectivity index (χ1) is 14.7. The first kappa shape index (κ1) is 20.5. The summed E-state index contributed by atoms with van der Waals surface area (Å²) in [6.45, 7) is 3.74. The minimum atomic E-state index is 0.441. The third-order valence-electron chi connectivity index (χ3n) is 4.56. The van der Waals surface area contributed by atoms with Crippen LogP contribution in [-0.4, -0.2) is 23.0 Å². The summed E-state index contributed by atoms with van der Waals surface area (Å²) in [5.41, 5.74) is 3.04. The Labute approximate surface area is 185 Å². The number of aromatic nitrogens is 2. The Kier molecular flexibility index (Phi) is 6.72. The van der Waals surface area contributed by atoms with Crippen LogP contribution in [0.2, 0.25) is 5.02 Å². The molecule has 0 amide bonds. The first-order valence-electron chi connectivity index (χ1n) is 9.97. The van der Waals surface area contributed by atoms with E-state index >= 15 is 0 Å². The van der Waals surface area contributed by atoms with E-state index in [1.165, 1.54) is 4.88 Å². The Morgan fingerprint density at radius 1 is 0.933 bits per heavy atom. The Hall–Kier alpha value is -2.76. The number of hydrogen-bond acceptors (Lipinski definition) is 4. The monoisotopic (exact) mass is 438 g/mol. The summed E-state index contributed by atoms with van der Waals surface area (Å²) in [5.74, 6) is 1.42. The van der Waals surface area contributed by atoms with Crippen LogP contribution in [0, 0.1) is 0 Å². The molecule has 0 aliphatic heterocycles. The van der Waals surface area contributed by atoms with Crippen LogP contribution in [-0.2, 0) is 6.54 Å². The number of rotatable bonds is 9. The highest BCUT2D eigenvalue weighted by Crippen LogP contribution is 2.32. The molecule has 4 aromatic rings. The largest absolute Gasteiger partial charge is 0.490 e. The summed E-state index contributed by atoms with van der Waals surface area (Å²) < 4.78 is 13.7. The predicted molar refractivity (Wildman–Crippen MR) is 124 cm³/mol. The van der Waals surface area contributed by atoms with Gasteiger partial charge in [0.15, 0.2) is 0 Å². The molecule has 0 saturated heterocycles. The molecule has 0 aliphatic carbocycles. The van der Waals surface area contributed by atoms with Crippen LogP contribution < -0.4 is 9.47 Å². The van der Waals surface area contributed by atoms with Gasteiger partial charge in [0.05, 0.1) is 23.9 Å². The number of thiophene rings is 1. The predicted octanol–water partition coefficient (Wildman–Crippen LogP) is 6.80. The summed E-state index contributed by atoms with van der Waals surface area (Å²) >= 11 is 8.13. The molecule has 2 heterocycles. The molecule has 30 heavy (non-hydrogen) atoms. The molecule has 0 aliphatic rings. The highest BCUT2D eigenvalue weighted by Gasteiger charge is 2.12. The third kappa shape index (κ3) is 4.86. The van der Waals surface area contributed by atoms with E-state index in [0.29, 0.717) is 30.5 Å². The summed E-state index contributed by atoms with van der Waals surface area (Å²) in [4.78, 5) is 1.19. The van der Waals surface area contributed by atoms with Crippen molar-refractivity contribution >= 4 is 22.9 Å². The third-order valence-corrected chi connectivity index (χ3v) is 5.78. The van der Waals surface area contributed by atoms with Gasteiger partial charge in [-0.3, -0.25) is 0 Å². The van der Waals surface area contributed by atoms with Crippen molar-refractivity contribution in [1.82, 2.24) is 9.78 Å². The van der Waals surface area contributed by atoms with Crippen molar-refractivity contribution < 1.29 is 9.47 Å². The van der Waals surface area contributed by atoms with Crippen molar-refractivity contribution in [3.63, 3.8) is 0 Å². The standard InChI is InChI=1S/C24H23ClN2O2S/c1-2-13-29-24-17-21(18-7-4-3-5-8-18)26-27(24)12-14-28-22-11-10-19(16-20(22)25)23-9-6-15-30-23/h3-11,15-17H,2,12-14H2,1H3. The molecule has 0 radical (unpaired) electrons. The Balaban J connectivity index is 1.44. The lowest BCUT2D eigenvalue weighted by atomic mass is 10.2. The van der Waals surface area contributed by atoms with Crippen LogP contribution in [0.5, 0.6) is 11.6 Å². The van der Waals surface area contributed by atoms with Gasteiger partial charge in [0.1, 0.15) is 12.4 Å². The fourth-order valence-corrected chi connectivity index (χ4v) is 4.05. The minimum absolute atomic E-state index is 0.441. The van der Waals surface area contributed by atoms with Gasteiger partial charge in [-0.2, -0.15) is 5.10 Å². The lowest BCUT2D eigenvalue weighted by Crippen LogP contribution is -2.12. The van der Waals surface area contributed by atoms with Crippen LogP contribution in [0.3, 0.4) is 0 Å². The second-order valence-electron chi connectivity index (χ2n) is 6.78. The number of benzene rings is 2. The Morgan fingerprint density at radius 3 is 2.53 bits per heavy atom. The van der Waals surface area contributed by atoms with Gasteiger partial charge in [-0.1, -0.05) is 54.9 Å². The van der Waals surface area contributed by atoms with Crippen molar-refractivity contribution in [2.45, 2.75) is 19.9 Å². The van der Waals surface area contributed by atoms with Crippen LogP contribution in [0.15, 0.2) is 72.1 Å². The highest BCUT2D eigenvalue weighted by atomic mass is 35.5. The van der Waals surface area contributed by atoms with E-state index in [2.05, 4.69) is 18.4 Å². The van der Waals surface area contributed by atoms with E-state index in [1.54, 1.807) is 11.3 Å². The van der Waals surface area contributed by atoms with Crippen molar-refractivity contribution in [1.29, 1.82) is 0 Å². The van der Waals surface area contributed by atoms with Crippen LogP contribution in [0.25, 0.3) is 21.7 Å². The molecular weight excluding hydrogens is 416 g/mol. The number of nitrogens with zero attached hydrogens (tertiary/aromatic N) is 2. The molecule has 4 rings (SSSR count). The molecule has 0 N–H and O–H groups in total. The van der Waals surface area contributed by atoms with Gasteiger partial charge in [0, 0.05) is 16.5 Å². The van der Waals surface area contributed by atoms with Crippen molar-refractivity contribution in [3.05, 3.63) is 77.1 Å². The summed E-state index contributed by atoms with van der Waals surface area (Å²) in [7, 11) is 0. The van der Waals surface area contributed by atoms with E-state index in [9.17, 15) is 0 Å². The van der Waals surface area contributed by atoms with E-state index < -0.39 is 0 Å². The zero-order valence-corrected chi connectivity index (χ0v) is 18.3. The van der Waals surface area contributed by atoms with E-state index in [0.717, 1.165) is 29.1 Å². The van der Waals surface area contributed by atoms with Crippen molar-refractivity contribution in [2.75, 3.05) is 13.2 Å². The summed E-state index contributed by atoms with van der Waals surface area (Å²) in [5, 5.41) is 7.38. The van der Waals surface area contributed by atoms with E-state index in [1.807, 2.05) is 65.3 Å². The number of halogens is 1. The van der Waals surface area contributed by atoms with Gasteiger partial charge in [-0.25, -0.2) is 4.68 Å². The summed E-state index contributed by atoms with van der Waals surface area (Å²) in [6.07, 6.45) is 0.939. The second-order valence-corrected chi connectivity index (χ2v) is 8.13. The average Bonchev–Trinajstić information content (AvgIpc) is 3.44. The zero-order chi connectivity index (χ0) is 20.8. The molecule has 154 valence electrons. The van der Waals surface area contributed by atoms with Gasteiger partial charge < -0.3 is 9.47 Å². The van der Waals surface area contributed by atoms with Crippen LogP contribution in [0.1, 0.15) is 13.3 Å². The molecule has 0 atom stereocenters. The quantitative estimate of drug-likeness (QED) is 0.288. The molecule has 0 fully saturated rings. The lowest BCUT2D eigenvalue weighted by Gasteiger charge is -2.11. The lowest BCUT2D eigenvalue weighted by molar-refractivity contribution is 0.252. The van der Waals surface area contributed by atoms with Crippen LogP contribution in [0.4, 0.5) is 0 Å². The van der Waals surface area contributed by atoms with Crippen LogP contribution >= 0.6 is 22.9 Å². The van der Waals surface area contributed by atoms with Gasteiger partial charge in [-0.05, 0) is 41.6 Å². The maximum Gasteiger partial charge on any atom is 0.212 e. The van der Waals surface area contributed by atoms with Crippen molar-refractivity contribution in [3.8, 4) is 33.3 Å². The number of hydrogen-bond donors (Lipinski definition) is 0. The maximum atomic E-state index is 6.44. The smallest absolute Gasteiger partial charge is 0.212 e. The molecule has 0 saturated carbocycles. The zero-order valence-electron chi connectivity index (χ0n) is 16.8. The Morgan fingerprint density at radius 2 is 1.80 bits per heavy atom. The SMILES string of the molecule is CCCOc1cc(-c2ccccc2)nn1CCOc1ccc(-c2cccs2)cc1Cl. The average molecular weight is 439 g/mol. The van der Waals surface area contributed by atoms with E-state index in [4.69, 9.17) is 26.2 Å². The molecule has 4 nitrogen and oxygen atoms in total. The first-order valence-corrected chi connectivity index (χ1v) is 11.2. The van der Waals surface area contributed by atoms with Gasteiger partial charge in [0.25, 0.3) is 0 Å². The molecule has 0 unspecified atom stereocenters. The molecule has 2 aromatic heterocycles. The van der Waals surface area contributed by atoms with Crippen molar-refractivity contribution in [2.24, 2.45) is 0 Å². The normalized spacial score (nSPS) is 10.9. The molecule has 0 spiro atoms. The molecule has 2 aromatic carbocycles. The van der Waals surface area contributed by atoms with Gasteiger partial charge in [-0.15, -0.1) is 11.3 Å². The number of ether oxygens (including phenoxy) is 2. The van der Waals surface area contributed by atoms with E-state index in [-0.39, 0.29) is 0 Å². The van der Waals surface area contributed by atoms with Gasteiger partial charge >= 0.3 is 0 Å². The molecule has 0 bridgehead atoms. The summed E-state index contributed by atoms with van der Waals surface area (Å²) in [6, 6.07) is 22.1. The highest BCUT2D eigenvalue weighted by molar-refractivity contribution is 7.13. The molecule has 6 heteroatoms. The van der Waals surface area contributed by atoms with Gasteiger partial charge in [0.2, 0.25) is 5.88 Å². The fourth-order valence-electron chi connectivity index (χ4n) is 3.09. The Bertz CT molecular complexity index is 1080. The topological polar surface area (TPSA) is 36.3 Å². The second kappa shape index (κ2) is 9.83.